The van der Waals surface area contributed by atoms with Crippen molar-refractivity contribution in [1.29, 1.82) is 0 Å². The van der Waals surface area contributed by atoms with Gasteiger partial charge in [-0.15, -0.1) is 11.3 Å². The molecule has 16 nitrogen and oxygen atoms in total. The van der Waals surface area contributed by atoms with E-state index in [1.807, 2.05) is 52.0 Å². The lowest BCUT2D eigenvalue weighted by molar-refractivity contribution is -0.144. The molecule has 3 N–H and O–H groups in total. The quantitative estimate of drug-likeness (QED) is 0.156. The number of aromatic nitrogens is 1. The highest BCUT2D eigenvalue weighted by Crippen LogP contribution is 2.28. The molecule has 0 bridgehead atoms. The molecule has 1 fully saturated rings. The van der Waals surface area contributed by atoms with Crippen molar-refractivity contribution in [2.24, 2.45) is 5.41 Å². The van der Waals surface area contributed by atoms with Gasteiger partial charge in [-0.25, -0.2) is 19.5 Å². The Morgan fingerprint density at radius 1 is 0.864 bits per heavy atom. The van der Waals surface area contributed by atoms with Gasteiger partial charge >= 0.3 is 12.2 Å². The van der Waals surface area contributed by atoms with Crippen molar-refractivity contribution >= 4 is 41.2 Å². The number of thiazole rings is 1. The number of nitrogens with zero attached hydrogens (tertiary/aromatic N) is 3. The highest BCUT2D eigenvalue weighted by molar-refractivity contribution is 7.13. The number of carbonyl (C=O) groups excluding carboxylic acids is 5. The number of hydrogen-bond acceptors (Lipinski definition) is 13. The molecule has 3 rings (SSSR count). The molecule has 1 aromatic heterocycles. The molecule has 5 amide bonds. The van der Waals surface area contributed by atoms with Gasteiger partial charge in [-0.05, 0) is 77.8 Å². The second-order valence-electron chi connectivity index (χ2n) is 17.5. The maximum absolute atomic E-state index is 13.9. The first-order chi connectivity index (χ1) is 27.6. The van der Waals surface area contributed by atoms with Crippen LogP contribution in [0.5, 0.6) is 0 Å². The van der Waals surface area contributed by atoms with Crippen LogP contribution >= 0.6 is 11.3 Å². The average molecular weight is 848 g/mol. The summed E-state index contributed by atoms with van der Waals surface area (Å²) >= 11 is 1.57. The Hall–Kier alpha value is -4.16. The predicted octanol–water partition coefficient (Wildman–Crippen LogP) is 5.23. The average Bonchev–Trinajstić information content (AvgIpc) is 3.74. The van der Waals surface area contributed by atoms with Crippen molar-refractivity contribution in [2.75, 3.05) is 52.7 Å². The zero-order valence-corrected chi connectivity index (χ0v) is 37.2. The summed E-state index contributed by atoms with van der Waals surface area (Å²) in [4.78, 5) is 73.0. The Morgan fingerprint density at radius 3 is 1.95 bits per heavy atom. The van der Waals surface area contributed by atoms with Gasteiger partial charge in [-0.1, -0.05) is 45.0 Å². The Balaban J connectivity index is 1.35. The fraction of sp³-hybridized carbons (Fsp3) is 0.667. The Bertz CT molecular complexity index is 1650. The molecule has 0 spiro atoms. The SMILES string of the molecule is Cc1ncsc1-c1ccc(CNC(=O)[C@H]2C[C@H](O)CN2C(=O)[C@H](NC(=O)COCCCOCCCOCCN(C(=O)OC(C)(C)C)C(=O)OC(C)(C)C)C(C)(C)C)cc1. The number of aliphatic hydroxyl groups excluding tert-OH is 1. The fourth-order valence-electron chi connectivity index (χ4n) is 5.93. The number of benzene rings is 1. The van der Waals surface area contributed by atoms with Crippen LogP contribution in [0.2, 0.25) is 0 Å². The third kappa shape index (κ3) is 17.2. The highest BCUT2D eigenvalue weighted by Gasteiger charge is 2.44. The van der Waals surface area contributed by atoms with Crippen molar-refractivity contribution in [3.8, 4) is 10.4 Å². The molecular weight excluding hydrogens is 783 g/mol. The molecule has 1 aromatic carbocycles. The third-order valence-electron chi connectivity index (χ3n) is 8.79. The molecule has 0 radical (unpaired) electrons. The summed E-state index contributed by atoms with van der Waals surface area (Å²) in [6.07, 6.45) is -1.31. The first-order valence-electron chi connectivity index (χ1n) is 20.1. The number of amides is 5. The minimum Gasteiger partial charge on any atom is -0.443 e. The molecule has 0 aliphatic carbocycles. The predicted molar refractivity (Wildman–Crippen MR) is 223 cm³/mol. The summed E-state index contributed by atoms with van der Waals surface area (Å²) in [5, 5.41) is 16.2. The number of β-amino-alcohol motifs (C(OH)–C–C–N with tert-alkyl or cyclic N) is 1. The van der Waals surface area contributed by atoms with Crippen LogP contribution < -0.4 is 10.6 Å². The number of hydrogen-bond donors (Lipinski definition) is 3. The van der Waals surface area contributed by atoms with Crippen LogP contribution in [0.1, 0.15) is 92.8 Å². The Labute approximate surface area is 352 Å². The molecule has 0 unspecified atom stereocenters. The standard InChI is InChI=1S/C42H65N5O11S/c1-28-34(59-27-44-28)30-15-13-29(14-16-30)24-43-36(50)32-23-31(48)25-47(32)37(51)35(40(2,3)4)45-33(49)26-56-21-12-19-54-18-11-20-55-22-17-46(38(52)57-41(5,6)7)39(53)58-42(8,9)10/h13-16,27,31-32,35,48H,11-12,17-26H2,1-10H3,(H,43,50)(H,45,49)/t31-,32+,35-/m0/s1. The number of rotatable bonds is 19. The minimum atomic E-state index is -0.967. The van der Waals surface area contributed by atoms with Crippen molar-refractivity contribution in [3.63, 3.8) is 0 Å². The molecule has 1 saturated heterocycles. The molecule has 17 heteroatoms. The van der Waals surface area contributed by atoms with Crippen LogP contribution in [-0.2, 0) is 44.6 Å². The number of imide groups is 1. The lowest BCUT2D eigenvalue weighted by atomic mass is 9.85. The molecule has 3 atom stereocenters. The number of carbonyl (C=O) groups is 5. The summed E-state index contributed by atoms with van der Waals surface area (Å²) in [6, 6.07) is 5.98. The van der Waals surface area contributed by atoms with Crippen LogP contribution in [-0.4, -0.2) is 132 Å². The van der Waals surface area contributed by atoms with Crippen molar-refractivity contribution in [1.82, 2.24) is 25.4 Å². The van der Waals surface area contributed by atoms with E-state index < -0.39 is 58.8 Å². The summed E-state index contributed by atoms with van der Waals surface area (Å²) in [5.41, 5.74) is 2.42. The normalized spacial score (nSPS) is 16.4. The van der Waals surface area contributed by atoms with Crippen molar-refractivity contribution in [2.45, 2.75) is 124 Å². The topological polar surface area (TPSA) is 195 Å². The van der Waals surface area contributed by atoms with Gasteiger partial charge in [-0.2, -0.15) is 0 Å². The molecule has 1 aliphatic heterocycles. The summed E-state index contributed by atoms with van der Waals surface area (Å²) < 4.78 is 27.5. The van der Waals surface area contributed by atoms with E-state index >= 15 is 0 Å². The number of ether oxygens (including phenoxy) is 5. The molecule has 1 aliphatic rings. The number of nitrogens with one attached hydrogen (secondary N) is 2. The maximum atomic E-state index is 13.9. The first kappa shape index (κ1) is 49.2. The second kappa shape index (κ2) is 22.4. The van der Waals surface area contributed by atoms with Gasteiger partial charge in [0.25, 0.3) is 0 Å². The van der Waals surface area contributed by atoms with E-state index in [4.69, 9.17) is 23.7 Å². The van der Waals surface area contributed by atoms with E-state index in [0.29, 0.717) is 32.7 Å². The van der Waals surface area contributed by atoms with Gasteiger partial charge in [0.15, 0.2) is 0 Å². The zero-order chi connectivity index (χ0) is 44.0. The fourth-order valence-corrected chi connectivity index (χ4v) is 6.74. The lowest BCUT2D eigenvalue weighted by Gasteiger charge is -2.35. The van der Waals surface area contributed by atoms with Crippen LogP contribution in [0.15, 0.2) is 29.8 Å². The van der Waals surface area contributed by atoms with E-state index in [1.54, 1.807) is 58.4 Å². The van der Waals surface area contributed by atoms with E-state index in [0.717, 1.165) is 26.6 Å². The minimum absolute atomic E-state index is 0.0221. The molecule has 59 heavy (non-hydrogen) atoms. The third-order valence-corrected chi connectivity index (χ3v) is 9.76. The number of likely N-dealkylation sites (tertiary alicyclic amines) is 1. The van der Waals surface area contributed by atoms with Gasteiger partial charge in [0.1, 0.15) is 29.9 Å². The van der Waals surface area contributed by atoms with Gasteiger partial charge in [0, 0.05) is 45.9 Å². The molecule has 2 heterocycles. The maximum Gasteiger partial charge on any atom is 0.419 e. The van der Waals surface area contributed by atoms with Crippen molar-refractivity contribution in [3.05, 3.63) is 41.0 Å². The van der Waals surface area contributed by atoms with Gasteiger partial charge in [0.05, 0.1) is 35.3 Å². The van der Waals surface area contributed by atoms with Crippen LogP contribution in [0.3, 0.4) is 0 Å². The molecule has 2 aromatic rings. The first-order valence-corrected chi connectivity index (χ1v) is 21.0. The zero-order valence-electron chi connectivity index (χ0n) is 36.4. The summed E-state index contributed by atoms with van der Waals surface area (Å²) in [5.74, 6) is -1.31. The van der Waals surface area contributed by atoms with E-state index in [9.17, 15) is 29.1 Å². The van der Waals surface area contributed by atoms with Crippen LogP contribution in [0.4, 0.5) is 9.59 Å². The smallest absolute Gasteiger partial charge is 0.419 e. The van der Waals surface area contributed by atoms with Crippen molar-refractivity contribution < 1.29 is 52.8 Å². The van der Waals surface area contributed by atoms with Gasteiger partial charge < -0.3 is 44.3 Å². The Morgan fingerprint density at radius 2 is 1.42 bits per heavy atom. The van der Waals surface area contributed by atoms with Crippen LogP contribution in [0.25, 0.3) is 10.4 Å². The Kier molecular flexibility index (Phi) is 18.7. The lowest BCUT2D eigenvalue weighted by Crippen LogP contribution is -2.58. The molecule has 330 valence electrons. The second-order valence-corrected chi connectivity index (χ2v) is 18.4. The summed E-state index contributed by atoms with van der Waals surface area (Å²) in [6.45, 7) is 19.1. The number of aliphatic hydroxyl groups is 1. The highest BCUT2D eigenvalue weighted by atomic mass is 32.1. The van der Waals surface area contributed by atoms with Gasteiger partial charge in [0.2, 0.25) is 17.7 Å². The summed E-state index contributed by atoms with van der Waals surface area (Å²) in [7, 11) is 0. The molecule has 0 saturated carbocycles. The van der Waals surface area contributed by atoms with Gasteiger partial charge in [-0.3, -0.25) is 14.4 Å². The monoisotopic (exact) mass is 847 g/mol. The van der Waals surface area contributed by atoms with E-state index in [-0.39, 0.29) is 51.8 Å². The molecular formula is C42H65N5O11S. The largest absolute Gasteiger partial charge is 0.443 e. The van der Waals surface area contributed by atoms with Crippen LogP contribution in [0, 0.1) is 12.3 Å². The van der Waals surface area contributed by atoms with E-state index in [2.05, 4.69) is 15.6 Å². The van der Waals surface area contributed by atoms with E-state index in [1.165, 1.54) is 4.90 Å². The number of aryl methyl sites for hydroxylation is 1.